The number of rotatable bonds is 3. The molecule has 1 nitrogen and oxygen atoms in total. The SMILES string of the molecule is F[B-](F)(F)Cc1nc(-c2ccccc2)cs1. The summed E-state index contributed by atoms with van der Waals surface area (Å²) in [4.78, 5) is 3.98. The van der Waals surface area contributed by atoms with Crippen LogP contribution in [0.1, 0.15) is 5.01 Å². The number of hydrogen-bond acceptors (Lipinski definition) is 2. The largest absolute Gasteiger partial charge is 0.484 e. The van der Waals surface area contributed by atoms with Crippen molar-refractivity contribution in [2.45, 2.75) is 6.32 Å². The molecule has 0 amide bonds. The molecule has 16 heavy (non-hydrogen) atoms. The fraction of sp³-hybridized carbons (Fsp3) is 0.100. The maximum Gasteiger partial charge on any atom is 0.484 e. The van der Waals surface area contributed by atoms with Gasteiger partial charge in [-0.3, -0.25) is 0 Å². The van der Waals surface area contributed by atoms with E-state index in [1.165, 1.54) is 0 Å². The second-order valence-electron chi connectivity index (χ2n) is 3.41. The van der Waals surface area contributed by atoms with Crippen LogP contribution in [0.15, 0.2) is 35.7 Å². The molecule has 0 aliphatic heterocycles. The molecule has 2 rings (SSSR count). The number of nitrogens with zero attached hydrogens (tertiary/aromatic N) is 1. The monoisotopic (exact) mass is 242 g/mol. The van der Waals surface area contributed by atoms with Gasteiger partial charge in [-0.15, -0.1) is 11.3 Å². The first-order valence-electron chi connectivity index (χ1n) is 4.75. The van der Waals surface area contributed by atoms with Crippen LogP contribution < -0.4 is 0 Å². The first-order valence-corrected chi connectivity index (χ1v) is 5.63. The van der Waals surface area contributed by atoms with Crippen molar-refractivity contribution >= 4 is 18.3 Å². The van der Waals surface area contributed by atoms with Crippen molar-refractivity contribution in [3.05, 3.63) is 40.7 Å². The molecule has 0 aliphatic rings. The molecule has 0 saturated carbocycles. The van der Waals surface area contributed by atoms with Gasteiger partial charge in [-0.05, 0) is 6.32 Å². The maximum absolute atomic E-state index is 12.2. The predicted molar refractivity (Wildman–Crippen MR) is 60.3 cm³/mol. The van der Waals surface area contributed by atoms with Gasteiger partial charge >= 0.3 is 6.98 Å². The molecule has 0 radical (unpaired) electrons. The zero-order chi connectivity index (χ0) is 11.6. The van der Waals surface area contributed by atoms with Crippen LogP contribution in [0.5, 0.6) is 0 Å². The van der Waals surface area contributed by atoms with Crippen molar-refractivity contribution in [1.82, 2.24) is 4.98 Å². The minimum Gasteiger partial charge on any atom is -0.449 e. The van der Waals surface area contributed by atoms with Gasteiger partial charge in [0.15, 0.2) is 0 Å². The predicted octanol–water partition coefficient (Wildman–Crippen LogP) is 3.74. The van der Waals surface area contributed by atoms with E-state index < -0.39 is 13.3 Å². The van der Waals surface area contributed by atoms with Gasteiger partial charge in [0.25, 0.3) is 0 Å². The Bertz CT molecular complexity index is 466. The summed E-state index contributed by atoms with van der Waals surface area (Å²) in [5, 5.41) is 1.79. The molecule has 0 N–H and O–H groups in total. The first kappa shape index (κ1) is 11.2. The number of aromatic nitrogens is 1. The molecular weight excluding hydrogens is 234 g/mol. The average molecular weight is 242 g/mol. The van der Waals surface area contributed by atoms with Crippen molar-refractivity contribution in [2.24, 2.45) is 0 Å². The van der Waals surface area contributed by atoms with Crippen LogP contribution in [0.2, 0.25) is 0 Å². The summed E-state index contributed by atoms with van der Waals surface area (Å²) < 4.78 is 36.5. The van der Waals surface area contributed by atoms with Crippen LogP contribution >= 0.6 is 11.3 Å². The van der Waals surface area contributed by atoms with Gasteiger partial charge in [-0.25, -0.2) is 4.98 Å². The molecule has 2 aromatic rings. The highest BCUT2D eigenvalue weighted by molar-refractivity contribution is 7.10. The third-order valence-electron chi connectivity index (χ3n) is 2.03. The Morgan fingerprint density at radius 1 is 1.12 bits per heavy atom. The maximum atomic E-state index is 12.2. The van der Waals surface area contributed by atoms with Crippen LogP contribution in [0.4, 0.5) is 12.9 Å². The lowest BCUT2D eigenvalue weighted by molar-refractivity contribution is 0.468. The highest BCUT2D eigenvalue weighted by Gasteiger charge is 2.24. The quantitative estimate of drug-likeness (QED) is 0.747. The van der Waals surface area contributed by atoms with E-state index in [9.17, 15) is 12.9 Å². The Kier molecular flexibility index (Phi) is 3.00. The van der Waals surface area contributed by atoms with Crippen molar-refractivity contribution in [2.75, 3.05) is 0 Å². The standard InChI is InChI=1S/C10H8BF3NS/c12-11(13,14)6-10-15-9(7-16-10)8-4-2-1-3-5-8/h1-5,7H,6H2/q-1. The summed E-state index contributed by atoms with van der Waals surface area (Å²) in [6.45, 7) is -4.80. The average Bonchev–Trinajstić information content (AvgIpc) is 2.65. The highest BCUT2D eigenvalue weighted by Crippen LogP contribution is 2.24. The van der Waals surface area contributed by atoms with Crippen LogP contribution in [-0.4, -0.2) is 12.0 Å². The lowest BCUT2D eigenvalue weighted by atomic mass is 9.87. The van der Waals surface area contributed by atoms with Gasteiger partial charge in [-0.2, -0.15) is 0 Å². The van der Waals surface area contributed by atoms with Crippen molar-refractivity contribution < 1.29 is 12.9 Å². The number of hydrogen-bond donors (Lipinski definition) is 0. The van der Waals surface area contributed by atoms with Crippen LogP contribution in [0.25, 0.3) is 11.3 Å². The van der Waals surface area contributed by atoms with Gasteiger partial charge in [0.05, 0.1) is 10.7 Å². The molecule has 6 heteroatoms. The Balaban J connectivity index is 2.21. The lowest BCUT2D eigenvalue weighted by Crippen LogP contribution is -2.19. The Labute approximate surface area is 95.0 Å². The summed E-state index contributed by atoms with van der Waals surface area (Å²) in [6.07, 6.45) is -0.891. The highest BCUT2D eigenvalue weighted by atomic mass is 32.1. The topological polar surface area (TPSA) is 12.9 Å². The zero-order valence-electron chi connectivity index (χ0n) is 8.24. The summed E-state index contributed by atoms with van der Waals surface area (Å²) in [7, 11) is 0. The Morgan fingerprint density at radius 2 is 1.81 bits per heavy atom. The van der Waals surface area contributed by atoms with Crippen LogP contribution in [0, 0.1) is 0 Å². The fourth-order valence-corrected chi connectivity index (χ4v) is 2.22. The minimum atomic E-state index is -4.80. The molecule has 0 bridgehead atoms. The van der Waals surface area contributed by atoms with E-state index in [4.69, 9.17) is 0 Å². The molecule has 0 saturated heterocycles. The second kappa shape index (κ2) is 4.29. The van der Waals surface area contributed by atoms with Crippen molar-refractivity contribution in [3.8, 4) is 11.3 Å². The van der Waals surface area contributed by atoms with E-state index >= 15 is 0 Å². The van der Waals surface area contributed by atoms with E-state index in [2.05, 4.69) is 4.98 Å². The normalized spacial score (nSPS) is 11.7. The summed E-state index contributed by atoms with van der Waals surface area (Å²) in [5.41, 5.74) is 1.46. The minimum absolute atomic E-state index is 0.131. The lowest BCUT2D eigenvalue weighted by Gasteiger charge is -2.09. The van der Waals surface area contributed by atoms with E-state index in [-0.39, 0.29) is 5.01 Å². The molecule has 0 spiro atoms. The summed E-state index contributed by atoms with van der Waals surface area (Å²) in [5.74, 6) is 0. The molecule has 0 atom stereocenters. The van der Waals surface area contributed by atoms with E-state index in [1.807, 2.05) is 30.3 Å². The Morgan fingerprint density at radius 3 is 2.44 bits per heavy atom. The molecule has 0 unspecified atom stereocenters. The van der Waals surface area contributed by atoms with E-state index in [0.717, 1.165) is 16.9 Å². The second-order valence-corrected chi connectivity index (χ2v) is 4.35. The third-order valence-corrected chi connectivity index (χ3v) is 2.90. The zero-order valence-corrected chi connectivity index (χ0v) is 9.05. The first-order chi connectivity index (χ1) is 7.54. The molecule has 1 aromatic heterocycles. The van der Waals surface area contributed by atoms with Gasteiger partial charge in [-0.1, -0.05) is 30.3 Å². The van der Waals surface area contributed by atoms with E-state index in [0.29, 0.717) is 5.69 Å². The molecule has 0 aliphatic carbocycles. The molecule has 0 fully saturated rings. The smallest absolute Gasteiger partial charge is 0.449 e. The fourth-order valence-electron chi connectivity index (χ4n) is 1.34. The number of halogens is 3. The van der Waals surface area contributed by atoms with Gasteiger partial charge in [0.2, 0.25) is 0 Å². The van der Waals surface area contributed by atoms with Gasteiger partial charge in [0, 0.05) is 10.9 Å². The van der Waals surface area contributed by atoms with Crippen molar-refractivity contribution in [1.29, 1.82) is 0 Å². The number of thiazole rings is 1. The van der Waals surface area contributed by atoms with E-state index in [1.54, 1.807) is 5.38 Å². The molecule has 84 valence electrons. The molecule has 1 aromatic carbocycles. The van der Waals surface area contributed by atoms with Gasteiger partial charge in [0.1, 0.15) is 0 Å². The number of benzene rings is 1. The van der Waals surface area contributed by atoms with Crippen molar-refractivity contribution in [3.63, 3.8) is 0 Å². The summed E-state index contributed by atoms with van der Waals surface area (Å²) in [6, 6.07) is 9.19. The van der Waals surface area contributed by atoms with Crippen LogP contribution in [-0.2, 0) is 6.32 Å². The third kappa shape index (κ3) is 2.85. The van der Waals surface area contributed by atoms with Crippen LogP contribution in [0.3, 0.4) is 0 Å². The molecular formula is C10H8BF3NS-. The Hall–Kier alpha value is -1.30. The van der Waals surface area contributed by atoms with Gasteiger partial charge < -0.3 is 12.9 Å². The molecule has 1 heterocycles. The summed E-state index contributed by atoms with van der Waals surface area (Å²) >= 11 is 1.06.